The molecule has 2 saturated heterocycles. The minimum atomic E-state index is -3.17. The van der Waals surface area contributed by atoms with Gasteiger partial charge in [-0.2, -0.15) is 0 Å². The lowest BCUT2D eigenvalue weighted by atomic mass is 9.91. The summed E-state index contributed by atoms with van der Waals surface area (Å²) in [5, 5.41) is 0.726. The number of rotatable bonds is 7. The summed E-state index contributed by atoms with van der Waals surface area (Å²) >= 11 is 6.18. The van der Waals surface area contributed by atoms with Crippen molar-refractivity contribution in [3.8, 4) is 5.75 Å². The Morgan fingerprint density at radius 2 is 1.85 bits per heavy atom. The highest BCUT2D eigenvalue weighted by Crippen LogP contribution is 2.32. The zero-order valence-electron chi connectivity index (χ0n) is 23.7. The Morgan fingerprint density at radius 1 is 1.12 bits per heavy atom. The second-order valence-corrected chi connectivity index (χ2v) is 14.0. The van der Waals surface area contributed by atoms with Crippen LogP contribution < -0.4 is 4.74 Å². The van der Waals surface area contributed by atoms with E-state index in [0.717, 1.165) is 85.6 Å². The third-order valence-corrected chi connectivity index (χ3v) is 10.6. The Balaban J connectivity index is 1.12. The van der Waals surface area contributed by atoms with E-state index in [1.807, 2.05) is 30.0 Å². The number of amides is 1. The van der Waals surface area contributed by atoms with Crippen LogP contribution in [0.15, 0.2) is 24.5 Å². The van der Waals surface area contributed by atoms with Gasteiger partial charge in [0.05, 0.1) is 12.9 Å². The number of benzene rings is 1. The molecule has 9 nitrogen and oxygen atoms in total. The minimum Gasteiger partial charge on any atom is -0.493 e. The largest absolute Gasteiger partial charge is 0.493 e. The van der Waals surface area contributed by atoms with E-state index in [0.29, 0.717) is 37.4 Å². The number of aromatic nitrogens is 2. The molecule has 0 aliphatic carbocycles. The number of sulfonamides is 1. The molecule has 11 heteroatoms. The summed E-state index contributed by atoms with van der Waals surface area (Å²) in [6, 6.07) is 6.28. The Bertz CT molecular complexity index is 1320. The lowest BCUT2D eigenvalue weighted by Crippen LogP contribution is -2.52. The second kappa shape index (κ2) is 12.3. The molecular formula is C29H40ClN5O4S. The summed E-state index contributed by atoms with van der Waals surface area (Å²) in [5.74, 6) is 1.27. The van der Waals surface area contributed by atoms with Gasteiger partial charge < -0.3 is 14.5 Å². The van der Waals surface area contributed by atoms with Crippen LogP contribution in [-0.4, -0.2) is 96.6 Å². The van der Waals surface area contributed by atoms with E-state index < -0.39 is 10.0 Å². The quantitative estimate of drug-likeness (QED) is 0.487. The van der Waals surface area contributed by atoms with Gasteiger partial charge in [0, 0.05) is 48.5 Å². The zero-order chi connectivity index (χ0) is 28.4. The molecule has 1 atom stereocenters. The van der Waals surface area contributed by atoms with E-state index in [2.05, 4.69) is 14.9 Å². The van der Waals surface area contributed by atoms with Crippen molar-refractivity contribution in [2.24, 2.45) is 5.92 Å². The van der Waals surface area contributed by atoms with Gasteiger partial charge >= 0.3 is 0 Å². The molecule has 2 fully saturated rings. The molecular weight excluding hydrogens is 550 g/mol. The first-order valence-electron chi connectivity index (χ1n) is 14.3. The molecule has 0 spiro atoms. The van der Waals surface area contributed by atoms with Gasteiger partial charge in [0.1, 0.15) is 17.8 Å². The topological polar surface area (TPSA) is 95.9 Å². The highest BCUT2D eigenvalue weighted by Gasteiger charge is 2.33. The number of ether oxygens (including phenoxy) is 1. The smallest absolute Gasteiger partial charge is 0.272 e. The molecule has 5 rings (SSSR count). The van der Waals surface area contributed by atoms with Crippen molar-refractivity contribution < 1.29 is 17.9 Å². The predicted octanol–water partition coefficient (Wildman–Crippen LogP) is 3.58. The SMILES string of the molecule is Cc1c(CCC2COc3ccc(Cl)cc3C2)ncnc1C(=O)N1CCC(N2CCC(N(C)S(C)(=O)=O)CC2)CC1. The molecule has 3 aliphatic rings. The van der Waals surface area contributed by atoms with Crippen LogP contribution in [-0.2, 0) is 22.9 Å². The van der Waals surface area contributed by atoms with Crippen LogP contribution in [0, 0.1) is 12.8 Å². The molecule has 0 bridgehead atoms. The van der Waals surface area contributed by atoms with Gasteiger partial charge in [0.25, 0.3) is 5.91 Å². The van der Waals surface area contributed by atoms with Gasteiger partial charge in [0.15, 0.2) is 0 Å². The van der Waals surface area contributed by atoms with Crippen molar-refractivity contribution in [1.82, 2.24) is 24.1 Å². The molecule has 218 valence electrons. The lowest BCUT2D eigenvalue weighted by molar-refractivity contribution is 0.0542. The van der Waals surface area contributed by atoms with Crippen molar-refractivity contribution in [2.45, 2.75) is 64.0 Å². The van der Waals surface area contributed by atoms with Gasteiger partial charge in [-0.1, -0.05) is 11.6 Å². The maximum Gasteiger partial charge on any atom is 0.272 e. The Kier molecular flexibility index (Phi) is 8.99. The van der Waals surface area contributed by atoms with Crippen LogP contribution >= 0.6 is 11.6 Å². The summed E-state index contributed by atoms with van der Waals surface area (Å²) < 4.78 is 31.3. The number of hydrogen-bond acceptors (Lipinski definition) is 7. The van der Waals surface area contributed by atoms with Crippen molar-refractivity contribution in [3.05, 3.63) is 52.1 Å². The Morgan fingerprint density at radius 3 is 2.55 bits per heavy atom. The van der Waals surface area contributed by atoms with Crippen LogP contribution in [0.25, 0.3) is 0 Å². The normalized spacial score (nSPS) is 21.3. The van der Waals surface area contributed by atoms with Crippen LogP contribution in [0.1, 0.15) is 59.4 Å². The fourth-order valence-corrected chi connectivity index (χ4v) is 7.32. The van der Waals surface area contributed by atoms with Crippen molar-refractivity contribution in [3.63, 3.8) is 0 Å². The lowest BCUT2D eigenvalue weighted by Gasteiger charge is -2.43. The number of likely N-dealkylation sites (tertiary alicyclic amines) is 2. The molecule has 1 aromatic carbocycles. The number of piperidine rings is 2. The molecule has 40 heavy (non-hydrogen) atoms. The van der Waals surface area contributed by atoms with E-state index >= 15 is 0 Å². The monoisotopic (exact) mass is 589 g/mol. The molecule has 1 aromatic heterocycles. The number of nitrogens with zero attached hydrogens (tertiary/aromatic N) is 5. The molecule has 1 amide bonds. The first-order chi connectivity index (χ1) is 19.1. The van der Waals surface area contributed by atoms with Crippen LogP contribution in [0.3, 0.4) is 0 Å². The number of aryl methyl sites for hydroxylation is 1. The Hall–Kier alpha value is -2.27. The fourth-order valence-electron chi connectivity index (χ4n) is 6.38. The van der Waals surface area contributed by atoms with Crippen molar-refractivity contribution >= 4 is 27.5 Å². The Labute approximate surface area is 242 Å². The average molecular weight is 590 g/mol. The molecule has 3 aliphatic heterocycles. The molecule has 0 saturated carbocycles. The highest BCUT2D eigenvalue weighted by molar-refractivity contribution is 7.88. The molecule has 1 unspecified atom stereocenters. The third kappa shape index (κ3) is 6.61. The number of carbonyl (C=O) groups is 1. The first-order valence-corrected chi connectivity index (χ1v) is 16.5. The summed E-state index contributed by atoms with van der Waals surface area (Å²) in [5.41, 5.74) is 3.44. The van der Waals surface area contributed by atoms with E-state index in [1.165, 1.54) is 16.9 Å². The number of carbonyl (C=O) groups excluding carboxylic acids is 1. The van der Waals surface area contributed by atoms with Gasteiger partial charge in [-0.25, -0.2) is 22.7 Å². The van der Waals surface area contributed by atoms with E-state index in [1.54, 1.807) is 7.05 Å². The maximum absolute atomic E-state index is 13.5. The molecule has 0 radical (unpaired) electrons. The summed E-state index contributed by atoms with van der Waals surface area (Å²) in [6.07, 6.45) is 8.93. The highest BCUT2D eigenvalue weighted by atomic mass is 35.5. The van der Waals surface area contributed by atoms with Crippen molar-refractivity contribution in [2.75, 3.05) is 46.1 Å². The zero-order valence-corrected chi connectivity index (χ0v) is 25.3. The molecule has 0 N–H and O–H groups in total. The van der Waals surface area contributed by atoms with Gasteiger partial charge in [0.2, 0.25) is 10.0 Å². The van der Waals surface area contributed by atoms with E-state index in [4.69, 9.17) is 16.3 Å². The number of fused-ring (bicyclic) bond motifs is 1. The van der Waals surface area contributed by atoms with Crippen LogP contribution in [0.5, 0.6) is 5.75 Å². The summed E-state index contributed by atoms with van der Waals surface area (Å²) in [4.78, 5) is 26.8. The molecule has 2 aromatic rings. The van der Waals surface area contributed by atoms with Gasteiger partial charge in [-0.15, -0.1) is 0 Å². The second-order valence-electron chi connectivity index (χ2n) is 11.5. The summed E-state index contributed by atoms with van der Waals surface area (Å²) in [7, 11) is -1.49. The standard InChI is InChI=1S/C29H40ClN5O4S/c1-20-26(6-4-21-16-22-17-23(30)5-7-27(22)39-18-21)31-19-32-28(20)29(36)35-14-10-25(11-15-35)34-12-8-24(9-13-34)33(2)40(3,37)38/h5,7,17,19,21,24-25H,4,6,8-16,18H2,1-3H3. The predicted molar refractivity (Wildman–Crippen MR) is 155 cm³/mol. The number of halogens is 1. The summed E-state index contributed by atoms with van der Waals surface area (Å²) in [6.45, 7) is 5.81. The third-order valence-electron chi connectivity index (χ3n) is 8.99. The van der Waals surface area contributed by atoms with Gasteiger partial charge in [-0.05, 0) is 94.6 Å². The number of hydrogen-bond donors (Lipinski definition) is 0. The van der Waals surface area contributed by atoms with E-state index in [-0.39, 0.29) is 11.9 Å². The van der Waals surface area contributed by atoms with Crippen molar-refractivity contribution in [1.29, 1.82) is 0 Å². The minimum absolute atomic E-state index is 0.0161. The van der Waals surface area contributed by atoms with Crippen LogP contribution in [0.2, 0.25) is 5.02 Å². The molecule has 4 heterocycles. The first kappa shape index (κ1) is 29.2. The van der Waals surface area contributed by atoms with E-state index in [9.17, 15) is 13.2 Å². The maximum atomic E-state index is 13.5. The average Bonchev–Trinajstić information content (AvgIpc) is 2.95. The van der Waals surface area contributed by atoms with Crippen LogP contribution in [0.4, 0.5) is 0 Å². The van der Waals surface area contributed by atoms with Gasteiger partial charge in [-0.3, -0.25) is 4.79 Å². The fraction of sp³-hybridized carbons (Fsp3) is 0.621.